The first-order valence-corrected chi connectivity index (χ1v) is 6.92. The van der Waals surface area contributed by atoms with Crippen LogP contribution in [0.1, 0.15) is 38.4 Å². The lowest BCUT2D eigenvalue weighted by Gasteiger charge is -2.48. The van der Waals surface area contributed by atoms with E-state index in [2.05, 4.69) is 25.9 Å². The molecule has 102 valence electrons. The Morgan fingerprint density at radius 1 is 1.56 bits per heavy atom. The summed E-state index contributed by atoms with van der Waals surface area (Å²) < 4.78 is 5.37. The monoisotopic (exact) mass is 251 g/mol. The Morgan fingerprint density at radius 2 is 2.33 bits per heavy atom. The van der Waals surface area contributed by atoms with Gasteiger partial charge in [-0.25, -0.2) is 0 Å². The molecule has 0 aliphatic heterocycles. The highest BCUT2D eigenvalue weighted by molar-refractivity contribution is 5.06. The summed E-state index contributed by atoms with van der Waals surface area (Å²) in [6.07, 6.45) is 6.55. The van der Waals surface area contributed by atoms with Crippen LogP contribution in [0.2, 0.25) is 0 Å². The summed E-state index contributed by atoms with van der Waals surface area (Å²) >= 11 is 0. The Morgan fingerprint density at radius 3 is 2.89 bits per heavy atom. The van der Waals surface area contributed by atoms with Gasteiger partial charge in [-0.2, -0.15) is 0 Å². The van der Waals surface area contributed by atoms with Gasteiger partial charge in [0.1, 0.15) is 5.76 Å². The summed E-state index contributed by atoms with van der Waals surface area (Å²) in [5.74, 6) is 1.56. The fourth-order valence-electron chi connectivity index (χ4n) is 3.38. The predicted octanol–water partition coefficient (Wildman–Crippen LogP) is 2.69. The normalized spacial score (nSPS) is 30.6. The number of likely N-dealkylation sites (N-methyl/N-ethyl adjacent to an activating group) is 1. The molecule has 3 atom stereocenters. The summed E-state index contributed by atoms with van der Waals surface area (Å²) in [6.45, 7) is 2.29. The van der Waals surface area contributed by atoms with Crippen LogP contribution >= 0.6 is 0 Å². The molecule has 3 unspecified atom stereocenters. The number of furan rings is 1. The van der Waals surface area contributed by atoms with Gasteiger partial charge in [-0.05, 0) is 45.0 Å². The van der Waals surface area contributed by atoms with Crippen molar-refractivity contribution in [1.29, 1.82) is 0 Å². The van der Waals surface area contributed by atoms with Gasteiger partial charge in [0.05, 0.1) is 12.4 Å². The lowest BCUT2D eigenvalue weighted by molar-refractivity contribution is -0.0444. The van der Waals surface area contributed by atoms with Gasteiger partial charge in [-0.15, -0.1) is 0 Å². The molecule has 1 aromatic rings. The van der Waals surface area contributed by atoms with Crippen LogP contribution in [-0.4, -0.2) is 35.7 Å². The molecule has 1 aliphatic rings. The number of hydrogen-bond donors (Lipinski definition) is 1. The molecular weight excluding hydrogens is 226 g/mol. The van der Waals surface area contributed by atoms with Crippen LogP contribution in [0.25, 0.3) is 0 Å². The van der Waals surface area contributed by atoms with E-state index in [4.69, 9.17) is 4.42 Å². The molecule has 18 heavy (non-hydrogen) atoms. The molecule has 0 bridgehead atoms. The van der Waals surface area contributed by atoms with Gasteiger partial charge in [0, 0.05) is 12.0 Å². The van der Waals surface area contributed by atoms with Gasteiger partial charge in [-0.3, -0.25) is 0 Å². The van der Waals surface area contributed by atoms with Gasteiger partial charge in [0.15, 0.2) is 0 Å². The van der Waals surface area contributed by atoms with Crippen molar-refractivity contribution < 1.29 is 9.52 Å². The average molecular weight is 251 g/mol. The second-order valence-corrected chi connectivity index (χ2v) is 6.00. The number of hydrogen-bond acceptors (Lipinski definition) is 3. The number of aliphatic hydroxyl groups excluding tert-OH is 1. The zero-order valence-corrected chi connectivity index (χ0v) is 11.7. The van der Waals surface area contributed by atoms with E-state index in [1.165, 1.54) is 12.8 Å². The Balaban J connectivity index is 2.13. The second-order valence-electron chi connectivity index (χ2n) is 6.00. The van der Waals surface area contributed by atoms with Crippen LogP contribution in [0.15, 0.2) is 22.8 Å². The lowest BCUT2D eigenvalue weighted by Crippen LogP contribution is -2.56. The summed E-state index contributed by atoms with van der Waals surface area (Å²) in [5, 5.41) is 10.7. The van der Waals surface area contributed by atoms with Gasteiger partial charge in [0.25, 0.3) is 0 Å². The summed E-state index contributed by atoms with van der Waals surface area (Å²) in [7, 11) is 4.17. The molecule has 0 aromatic carbocycles. The average Bonchev–Trinajstić information content (AvgIpc) is 2.81. The largest absolute Gasteiger partial charge is 0.469 e. The van der Waals surface area contributed by atoms with Crippen LogP contribution < -0.4 is 0 Å². The van der Waals surface area contributed by atoms with Crippen LogP contribution in [0.5, 0.6) is 0 Å². The minimum absolute atomic E-state index is 0.0928. The third kappa shape index (κ3) is 2.62. The van der Waals surface area contributed by atoms with Crippen molar-refractivity contribution in [3.8, 4) is 0 Å². The third-order valence-corrected chi connectivity index (χ3v) is 4.49. The van der Waals surface area contributed by atoms with Crippen molar-refractivity contribution in [3.05, 3.63) is 24.2 Å². The van der Waals surface area contributed by atoms with E-state index in [9.17, 15) is 5.11 Å². The Bertz CT molecular complexity index is 361. The van der Waals surface area contributed by atoms with Crippen LogP contribution in [-0.2, 0) is 6.42 Å². The zero-order chi connectivity index (χ0) is 13.2. The van der Waals surface area contributed by atoms with Crippen LogP contribution in [0.3, 0.4) is 0 Å². The first kappa shape index (κ1) is 13.6. The molecular formula is C15H25NO2. The van der Waals surface area contributed by atoms with E-state index in [0.717, 1.165) is 18.6 Å². The Labute approximate surface area is 110 Å². The molecule has 1 aromatic heterocycles. The molecule has 0 saturated heterocycles. The molecule has 1 N–H and O–H groups in total. The Hall–Kier alpha value is -0.800. The van der Waals surface area contributed by atoms with E-state index in [-0.39, 0.29) is 11.6 Å². The van der Waals surface area contributed by atoms with Crippen molar-refractivity contribution in [2.24, 2.45) is 5.92 Å². The first-order valence-electron chi connectivity index (χ1n) is 6.92. The molecule has 1 aliphatic carbocycles. The van der Waals surface area contributed by atoms with Crippen molar-refractivity contribution in [2.45, 2.75) is 50.7 Å². The molecule has 0 spiro atoms. The van der Waals surface area contributed by atoms with E-state index >= 15 is 0 Å². The maximum atomic E-state index is 10.7. The summed E-state index contributed by atoms with van der Waals surface area (Å²) in [5.41, 5.74) is -0.0928. The van der Waals surface area contributed by atoms with Gasteiger partial charge in [-0.1, -0.05) is 19.8 Å². The zero-order valence-electron chi connectivity index (χ0n) is 11.7. The van der Waals surface area contributed by atoms with E-state index in [1.54, 1.807) is 6.26 Å². The van der Waals surface area contributed by atoms with E-state index in [1.807, 2.05) is 12.1 Å². The van der Waals surface area contributed by atoms with Crippen molar-refractivity contribution in [1.82, 2.24) is 4.90 Å². The fourth-order valence-corrected chi connectivity index (χ4v) is 3.38. The molecule has 3 heteroatoms. The van der Waals surface area contributed by atoms with Gasteiger partial charge >= 0.3 is 0 Å². The van der Waals surface area contributed by atoms with Crippen molar-refractivity contribution in [3.63, 3.8) is 0 Å². The highest BCUT2D eigenvalue weighted by atomic mass is 16.3. The lowest BCUT2D eigenvalue weighted by atomic mass is 9.71. The number of nitrogens with zero attached hydrogens (tertiary/aromatic N) is 1. The number of aliphatic hydroxyl groups is 1. The highest BCUT2D eigenvalue weighted by Crippen LogP contribution is 2.39. The maximum absolute atomic E-state index is 10.7. The maximum Gasteiger partial charge on any atom is 0.106 e. The molecule has 0 radical (unpaired) electrons. The van der Waals surface area contributed by atoms with E-state index in [0.29, 0.717) is 12.3 Å². The molecule has 0 amide bonds. The second kappa shape index (κ2) is 5.45. The standard InChI is InChI=1S/C15H25NO2/c1-12-6-4-8-15(11-12,16(2)3)14(17)10-13-7-5-9-18-13/h5,7,9,12,14,17H,4,6,8,10-11H2,1-3H3. The molecule has 3 nitrogen and oxygen atoms in total. The topological polar surface area (TPSA) is 36.6 Å². The minimum atomic E-state index is -0.360. The van der Waals surface area contributed by atoms with Crippen molar-refractivity contribution in [2.75, 3.05) is 14.1 Å². The fraction of sp³-hybridized carbons (Fsp3) is 0.733. The summed E-state index contributed by atoms with van der Waals surface area (Å²) in [4.78, 5) is 2.22. The third-order valence-electron chi connectivity index (χ3n) is 4.49. The van der Waals surface area contributed by atoms with Crippen LogP contribution in [0, 0.1) is 5.92 Å². The number of rotatable bonds is 4. The van der Waals surface area contributed by atoms with Crippen LogP contribution in [0.4, 0.5) is 0 Å². The first-order chi connectivity index (χ1) is 8.54. The molecule has 2 rings (SSSR count). The molecule has 1 heterocycles. The minimum Gasteiger partial charge on any atom is -0.469 e. The summed E-state index contributed by atoms with van der Waals surface area (Å²) in [6, 6.07) is 3.83. The quantitative estimate of drug-likeness (QED) is 0.894. The van der Waals surface area contributed by atoms with Gasteiger partial charge in [0.2, 0.25) is 0 Å². The van der Waals surface area contributed by atoms with Gasteiger partial charge < -0.3 is 14.4 Å². The van der Waals surface area contributed by atoms with E-state index < -0.39 is 0 Å². The Kier molecular flexibility index (Phi) is 4.13. The predicted molar refractivity (Wildman–Crippen MR) is 72.5 cm³/mol. The van der Waals surface area contributed by atoms with Crippen molar-refractivity contribution >= 4 is 0 Å². The SMILES string of the molecule is CC1CCCC(C(O)Cc2ccco2)(N(C)C)C1. The smallest absolute Gasteiger partial charge is 0.106 e. The highest BCUT2D eigenvalue weighted by Gasteiger charge is 2.43. The molecule has 1 fully saturated rings. The molecule has 1 saturated carbocycles.